The number of ether oxygens (including phenoxy) is 1. The van der Waals surface area contributed by atoms with Crippen molar-refractivity contribution in [1.29, 1.82) is 0 Å². The number of hydrogen-bond acceptors (Lipinski definition) is 1. The molecule has 0 aromatic carbocycles. The van der Waals surface area contributed by atoms with Crippen molar-refractivity contribution >= 4 is 0 Å². The molecule has 1 nitrogen and oxygen atoms in total. The molecule has 0 N–H and O–H groups in total. The van der Waals surface area contributed by atoms with Crippen LogP contribution in [0.25, 0.3) is 0 Å². The van der Waals surface area contributed by atoms with Crippen LogP contribution in [-0.2, 0) is 4.74 Å². The molecular formula is C21H41F3O. The Kier molecular flexibility index (Phi) is 13.7. The van der Waals surface area contributed by atoms with Crippen LogP contribution in [0.4, 0.5) is 13.2 Å². The third-order valence-corrected chi connectivity index (χ3v) is 5.07. The van der Waals surface area contributed by atoms with Gasteiger partial charge >= 0.3 is 6.18 Å². The number of rotatable bonds is 10. The van der Waals surface area contributed by atoms with E-state index in [0.717, 1.165) is 26.1 Å². The zero-order valence-corrected chi connectivity index (χ0v) is 17.0. The summed E-state index contributed by atoms with van der Waals surface area (Å²) in [5, 5.41) is 0. The lowest BCUT2D eigenvalue weighted by molar-refractivity contribution is -0.137. The average molecular weight is 367 g/mol. The highest BCUT2D eigenvalue weighted by atomic mass is 19.4. The molecule has 1 unspecified atom stereocenters. The number of halogens is 3. The van der Waals surface area contributed by atoms with Gasteiger partial charge in [-0.1, -0.05) is 79.1 Å². The van der Waals surface area contributed by atoms with E-state index in [4.69, 9.17) is 4.74 Å². The summed E-state index contributed by atoms with van der Waals surface area (Å²) < 4.78 is 41.1. The Balaban J connectivity index is 0.000000593. The molecule has 0 aromatic rings. The van der Waals surface area contributed by atoms with Crippen molar-refractivity contribution in [2.75, 3.05) is 13.2 Å². The second kappa shape index (κ2) is 13.9. The van der Waals surface area contributed by atoms with E-state index in [9.17, 15) is 13.2 Å². The highest BCUT2D eigenvalue weighted by molar-refractivity contribution is 4.70. The first kappa shape index (κ1) is 24.8. The third kappa shape index (κ3) is 18.3. The monoisotopic (exact) mass is 366 g/mol. The highest BCUT2D eigenvalue weighted by Crippen LogP contribution is 2.28. The molecular weight excluding hydrogens is 325 g/mol. The van der Waals surface area contributed by atoms with Gasteiger partial charge < -0.3 is 4.74 Å². The summed E-state index contributed by atoms with van der Waals surface area (Å²) in [6.45, 7) is 10.7. The van der Waals surface area contributed by atoms with Crippen molar-refractivity contribution in [1.82, 2.24) is 0 Å². The van der Waals surface area contributed by atoms with Crippen LogP contribution in [0.2, 0.25) is 0 Å². The van der Waals surface area contributed by atoms with Gasteiger partial charge in [0.25, 0.3) is 0 Å². The second-order valence-corrected chi connectivity index (χ2v) is 8.45. The first-order valence-electron chi connectivity index (χ1n) is 10.3. The maximum Gasteiger partial charge on any atom is 0.389 e. The fourth-order valence-corrected chi connectivity index (χ4v) is 2.93. The molecule has 152 valence electrons. The normalized spacial score (nSPS) is 18.4. The standard InChI is InChI=1S/C14H27F3.C7H14O/c1-3-4-5-6-7-8-9-10-13(2)11-12-14(15,16)17;1-7(2)3-5-8-6-4-7/h13H,3-12H2,1-2H3;3-6H2,1-2H3. The van der Waals surface area contributed by atoms with Gasteiger partial charge in [0.1, 0.15) is 0 Å². The zero-order valence-electron chi connectivity index (χ0n) is 17.0. The summed E-state index contributed by atoms with van der Waals surface area (Å²) in [4.78, 5) is 0. The summed E-state index contributed by atoms with van der Waals surface area (Å²) in [6, 6.07) is 0. The van der Waals surface area contributed by atoms with Crippen LogP contribution in [0.15, 0.2) is 0 Å². The third-order valence-electron chi connectivity index (χ3n) is 5.07. The van der Waals surface area contributed by atoms with Crippen LogP contribution in [-0.4, -0.2) is 19.4 Å². The van der Waals surface area contributed by atoms with Gasteiger partial charge in [-0.25, -0.2) is 0 Å². The van der Waals surface area contributed by atoms with Gasteiger partial charge in [0.05, 0.1) is 0 Å². The fourth-order valence-electron chi connectivity index (χ4n) is 2.93. The molecule has 0 aliphatic carbocycles. The minimum atomic E-state index is -3.98. The largest absolute Gasteiger partial charge is 0.389 e. The van der Waals surface area contributed by atoms with Gasteiger partial charge in [-0.2, -0.15) is 13.2 Å². The maximum absolute atomic E-state index is 12.0. The molecule has 1 heterocycles. The van der Waals surface area contributed by atoms with E-state index < -0.39 is 12.6 Å². The van der Waals surface area contributed by atoms with Crippen LogP contribution in [0.5, 0.6) is 0 Å². The van der Waals surface area contributed by atoms with E-state index in [0.29, 0.717) is 11.8 Å². The molecule has 4 heteroatoms. The first-order chi connectivity index (χ1) is 11.7. The number of unbranched alkanes of at least 4 members (excludes halogenated alkanes) is 6. The SMILES string of the molecule is CC1(C)CCOCC1.CCCCCCCCCC(C)CCC(F)(F)F. The Labute approximate surface area is 154 Å². The van der Waals surface area contributed by atoms with E-state index in [-0.39, 0.29) is 5.92 Å². The Hall–Kier alpha value is -0.250. The molecule has 1 saturated heterocycles. The van der Waals surface area contributed by atoms with Crippen LogP contribution in [0, 0.1) is 11.3 Å². The van der Waals surface area contributed by atoms with Crippen LogP contribution >= 0.6 is 0 Å². The Bertz CT molecular complexity index is 292. The van der Waals surface area contributed by atoms with Crippen LogP contribution < -0.4 is 0 Å². The molecule has 1 atom stereocenters. The minimum absolute atomic E-state index is 0.215. The predicted molar refractivity (Wildman–Crippen MR) is 101 cm³/mol. The van der Waals surface area contributed by atoms with Crippen molar-refractivity contribution in [3.05, 3.63) is 0 Å². The minimum Gasteiger partial charge on any atom is -0.381 e. The summed E-state index contributed by atoms with van der Waals surface area (Å²) in [6.07, 6.45) is 7.76. The number of alkyl halides is 3. The Morgan fingerprint density at radius 2 is 1.40 bits per heavy atom. The summed E-state index contributed by atoms with van der Waals surface area (Å²) in [7, 11) is 0. The van der Waals surface area contributed by atoms with E-state index in [2.05, 4.69) is 20.8 Å². The van der Waals surface area contributed by atoms with E-state index in [1.54, 1.807) is 0 Å². The van der Waals surface area contributed by atoms with Gasteiger partial charge in [-0.15, -0.1) is 0 Å². The van der Waals surface area contributed by atoms with Crippen molar-refractivity contribution in [3.8, 4) is 0 Å². The van der Waals surface area contributed by atoms with Crippen molar-refractivity contribution in [2.24, 2.45) is 11.3 Å². The molecule has 25 heavy (non-hydrogen) atoms. The van der Waals surface area contributed by atoms with Crippen molar-refractivity contribution in [3.63, 3.8) is 0 Å². The topological polar surface area (TPSA) is 9.23 Å². The van der Waals surface area contributed by atoms with Crippen molar-refractivity contribution < 1.29 is 17.9 Å². The zero-order chi connectivity index (χ0) is 19.2. The summed E-state index contributed by atoms with van der Waals surface area (Å²) in [5.41, 5.74) is 0.554. The van der Waals surface area contributed by atoms with E-state index >= 15 is 0 Å². The smallest absolute Gasteiger partial charge is 0.381 e. The number of hydrogen-bond donors (Lipinski definition) is 0. The predicted octanol–water partition coefficient (Wildman–Crippen LogP) is 7.93. The lowest BCUT2D eigenvalue weighted by Crippen LogP contribution is -2.22. The molecule has 1 rings (SSSR count). The van der Waals surface area contributed by atoms with Crippen LogP contribution in [0.3, 0.4) is 0 Å². The summed E-state index contributed by atoms with van der Waals surface area (Å²) in [5.74, 6) is 0.215. The fraction of sp³-hybridized carbons (Fsp3) is 1.00. The lowest BCUT2D eigenvalue weighted by atomic mass is 9.85. The molecule has 0 spiro atoms. The Morgan fingerprint density at radius 1 is 0.880 bits per heavy atom. The van der Waals surface area contributed by atoms with Crippen LogP contribution in [0.1, 0.15) is 105 Å². The average Bonchev–Trinajstić information content (AvgIpc) is 2.52. The molecule has 0 aromatic heterocycles. The molecule has 0 radical (unpaired) electrons. The molecule has 0 amide bonds. The Morgan fingerprint density at radius 3 is 1.84 bits per heavy atom. The van der Waals surface area contributed by atoms with E-state index in [1.165, 1.54) is 51.4 Å². The van der Waals surface area contributed by atoms with Gasteiger partial charge in [-0.3, -0.25) is 0 Å². The maximum atomic E-state index is 12.0. The molecule has 0 bridgehead atoms. The molecule has 1 fully saturated rings. The quantitative estimate of drug-likeness (QED) is 0.357. The second-order valence-electron chi connectivity index (χ2n) is 8.45. The molecule has 0 saturated carbocycles. The van der Waals surface area contributed by atoms with Gasteiger partial charge in [0, 0.05) is 19.6 Å². The van der Waals surface area contributed by atoms with E-state index in [1.807, 2.05) is 6.92 Å². The lowest BCUT2D eigenvalue weighted by Gasteiger charge is -2.28. The van der Waals surface area contributed by atoms with Crippen molar-refractivity contribution in [2.45, 2.75) is 111 Å². The van der Waals surface area contributed by atoms with Gasteiger partial charge in [0.2, 0.25) is 0 Å². The molecule has 1 aliphatic heterocycles. The van der Waals surface area contributed by atoms with Gasteiger partial charge in [0.15, 0.2) is 0 Å². The molecule has 1 aliphatic rings. The highest BCUT2D eigenvalue weighted by Gasteiger charge is 2.27. The summed E-state index contributed by atoms with van der Waals surface area (Å²) >= 11 is 0. The first-order valence-corrected chi connectivity index (χ1v) is 10.3. The van der Waals surface area contributed by atoms with Gasteiger partial charge in [-0.05, 0) is 30.6 Å².